The van der Waals surface area contributed by atoms with Crippen molar-refractivity contribution in [3.8, 4) is 0 Å². The highest BCUT2D eigenvalue weighted by Gasteiger charge is 1.99. The fourth-order valence-electron chi connectivity index (χ4n) is 1.41. The first-order valence-electron chi connectivity index (χ1n) is 3.94. The fraction of sp³-hybridized carbons (Fsp3) is 0. The molecule has 56 valence electrons. The molecule has 2 aromatic carbocycles. The molecule has 0 nitrogen and oxygen atoms in total. The van der Waals surface area contributed by atoms with E-state index in [1.54, 1.807) is 3.69 Å². The molecule has 0 heterocycles. The summed E-state index contributed by atoms with van der Waals surface area (Å²) in [7, 11) is 0. The predicted octanol–water partition coefficient (Wildman–Crippen LogP) is 2.52. The van der Waals surface area contributed by atoms with E-state index in [9.17, 15) is 0 Å². The largest absolute Gasteiger partial charge is 0.503 e. The Morgan fingerprint density at radius 2 is 1.67 bits per heavy atom. The van der Waals surface area contributed by atoms with Crippen molar-refractivity contribution in [3.05, 3.63) is 42.5 Å². The lowest BCUT2D eigenvalue weighted by Crippen LogP contribution is -2.08. The van der Waals surface area contributed by atoms with Gasteiger partial charge in [-0.3, -0.25) is 18.9 Å². The maximum absolute atomic E-state index is 2.54. The molecule has 0 aliphatic rings. The van der Waals surface area contributed by atoms with Crippen molar-refractivity contribution in [1.29, 1.82) is 0 Å². The molecular formula is C10H7IMg. The first-order valence-corrected chi connectivity index (χ1v) is 9.76. The van der Waals surface area contributed by atoms with Crippen LogP contribution in [0.4, 0.5) is 0 Å². The third-order valence-corrected chi connectivity index (χ3v) is 5.39. The van der Waals surface area contributed by atoms with Crippen LogP contribution in [-0.2, 0) is 0 Å². The molecule has 2 aromatic rings. The molecule has 0 spiro atoms. The normalized spacial score (nSPS) is 9.75. The van der Waals surface area contributed by atoms with E-state index in [-0.39, 0.29) is 16.5 Å². The standard InChI is InChI=1S/C10H7.HI.Mg/c1-2-6-10-8-4-3-7-9(10)5-1;;/h1-7H;1H;/q;;+1/p-1. The monoisotopic (exact) mass is 278 g/mol. The molecule has 0 atom stereocenters. The zero-order valence-electron chi connectivity index (χ0n) is 6.63. The third-order valence-electron chi connectivity index (χ3n) is 2.02. The fourth-order valence-corrected chi connectivity index (χ4v) is 4.10. The Hall–Kier alpha value is 0.196. The van der Waals surface area contributed by atoms with Gasteiger partial charge in [0.1, 0.15) is 0 Å². The number of rotatable bonds is 1. The van der Waals surface area contributed by atoms with Crippen LogP contribution in [0.5, 0.6) is 0 Å². The SMILES string of the molecule is [I][Mg][c]1cccc2ccccc12. The highest BCUT2D eigenvalue weighted by Crippen LogP contribution is 2.10. The van der Waals surface area contributed by atoms with E-state index in [0.717, 1.165) is 0 Å². The highest BCUT2D eigenvalue weighted by molar-refractivity contribution is 14.1. The predicted molar refractivity (Wildman–Crippen MR) is 63.4 cm³/mol. The Morgan fingerprint density at radius 3 is 2.50 bits per heavy atom. The van der Waals surface area contributed by atoms with Gasteiger partial charge in [-0.05, 0) is 10.8 Å². The van der Waals surface area contributed by atoms with Crippen LogP contribution < -0.4 is 3.69 Å². The molecule has 12 heavy (non-hydrogen) atoms. The second-order valence-electron chi connectivity index (χ2n) is 2.77. The summed E-state index contributed by atoms with van der Waals surface area (Å²) in [5.74, 6) is 0. The van der Waals surface area contributed by atoms with Gasteiger partial charge in [0.15, 0.2) is 0 Å². The van der Waals surface area contributed by atoms with Gasteiger partial charge >= 0.3 is 16.5 Å². The van der Waals surface area contributed by atoms with E-state index in [4.69, 9.17) is 0 Å². The quantitative estimate of drug-likeness (QED) is 0.555. The molecule has 0 saturated heterocycles. The number of hydrogen-bond donors (Lipinski definition) is 0. The zero-order valence-corrected chi connectivity index (χ0v) is 10.2. The van der Waals surface area contributed by atoms with Crippen LogP contribution in [0, 0.1) is 0 Å². The Bertz CT molecular complexity index is 392. The van der Waals surface area contributed by atoms with Crippen LogP contribution in [0.15, 0.2) is 42.5 Å². The minimum atomic E-state index is -0.0606. The van der Waals surface area contributed by atoms with Crippen LogP contribution >= 0.6 is 18.9 Å². The van der Waals surface area contributed by atoms with E-state index in [1.807, 2.05) is 0 Å². The van der Waals surface area contributed by atoms with Crippen molar-refractivity contribution in [3.63, 3.8) is 0 Å². The Kier molecular flexibility index (Phi) is 2.88. The lowest BCUT2D eigenvalue weighted by molar-refractivity contribution is 1.78. The maximum Gasteiger partial charge on any atom is 0.503 e. The number of halogens is 1. The van der Waals surface area contributed by atoms with Gasteiger partial charge in [0.05, 0.1) is 0 Å². The van der Waals surface area contributed by atoms with Crippen LogP contribution in [0.25, 0.3) is 10.8 Å². The van der Waals surface area contributed by atoms with Gasteiger partial charge in [0.2, 0.25) is 0 Å². The molecule has 0 fully saturated rings. The average Bonchev–Trinajstić information content (AvgIpc) is 2.17. The Morgan fingerprint density at radius 1 is 0.917 bits per heavy atom. The van der Waals surface area contributed by atoms with E-state index < -0.39 is 0 Å². The number of fused-ring (bicyclic) bond motifs is 1. The van der Waals surface area contributed by atoms with Crippen LogP contribution in [0.3, 0.4) is 0 Å². The maximum atomic E-state index is 2.54. The van der Waals surface area contributed by atoms with E-state index in [0.29, 0.717) is 0 Å². The first kappa shape index (κ1) is 8.78. The summed E-state index contributed by atoms with van der Waals surface area (Å²) < 4.78 is 1.56. The molecule has 2 rings (SSSR count). The summed E-state index contributed by atoms with van der Waals surface area (Å²) in [5.41, 5.74) is 0. The van der Waals surface area contributed by atoms with Gasteiger partial charge < -0.3 is 0 Å². The van der Waals surface area contributed by atoms with Crippen LogP contribution in [-0.4, -0.2) is 16.5 Å². The summed E-state index contributed by atoms with van der Waals surface area (Å²) >= 11 is 2.48. The summed E-state index contributed by atoms with van der Waals surface area (Å²) in [6, 6.07) is 15.2. The molecule has 0 unspecified atom stereocenters. The molecule has 2 heteroatoms. The van der Waals surface area contributed by atoms with E-state index >= 15 is 0 Å². The summed E-state index contributed by atoms with van der Waals surface area (Å²) in [5, 5.41) is 2.82. The highest BCUT2D eigenvalue weighted by atomic mass is 127. The van der Waals surface area contributed by atoms with Crippen LogP contribution in [0.1, 0.15) is 0 Å². The Balaban J connectivity index is 2.79. The van der Waals surface area contributed by atoms with Crippen molar-refractivity contribution in [1.82, 2.24) is 0 Å². The van der Waals surface area contributed by atoms with Gasteiger partial charge in [-0.15, -0.1) is 3.69 Å². The van der Waals surface area contributed by atoms with E-state index in [1.165, 1.54) is 10.8 Å². The topological polar surface area (TPSA) is 0 Å². The van der Waals surface area contributed by atoms with Crippen molar-refractivity contribution in [2.45, 2.75) is 0 Å². The second kappa shape index (κ2) is 3.94. The minimum absolute atomic E-state index is 0.0606. The summed E-state index contributed by atoms with van der Waals surface area (Å²) in [4.78, 5) is 0. The second-order valence-corrected chi connectivity index (χ2v) is 6.09. The Labute approximate surface area is 91.5 Å². The van der Waals surface area contributed by atoms with Gasteiger partial charge in [0, 0.05) is 0 Å². The molecule has 0 N–H and O–H groups in total. The molecule has 0 amide bonds. The molecule has 0 bridgehead atoms. The molecule has 0 aromatic heterocycles. The van der Waals surface area contributed by atoms with Crippen molar-refractivity contribution in [2.24, 2.45) is 0 Å². The molecular weight excluding hydrogens is 271 g/mol. The molecule has 0 radical (unpaired) electrons. The van der Waals surface area contributed by atoms with Crippen LogP contribution in [0.2, 0.25) is 0 Å². The van der Waals surface area contributed by atoms with Gasteiger partial charge in [-0.2, -0.15) is 0 Å². The number of hydrogen-bond acceptors (Lipinski definition) is 0. The van der Waals surface area contributed by atoms with Gasteiger partial charge in [-0.1, -0.05) is 42.5 Å². The average molecular weight is 278 g/mol. The van der Waals surface area contributed by atoms with Crippen molar-refractivity contribution < 1.29 is 0 Å². The lowest BCUT2D eigenvalue weighted by Gasteiger charge is -2.01. The zero-order chi connectivity index (χ0) is 8.39. The smallest absolute Gasteiger partial charge is 0.291 e. The van der Waals surface area contributed by atoms with Gasteiger partial charge in [0.25, 0.3) is 0 Å². The first-order chi connectivity index (χ1) is 5.92. The number of benzene rings is 2. The summed E-state index contributed by atoms with van der Waals surface area (Å²) in [6.07, 6.45) is 0. The van der Waals surface area contributed by atoms with Gasteiger partial charge in [-0.25, -0.2) is 0 Å². The van der Waals surface area contributed by atoms with Crippen molar-refractivity contribution in [2.75, 3.05) is 0 Å². The summed E-state index contributed by atoms with van der Waals surface area (Å²) in [6.45, 7) is 0. The minimum Gasteiger partial charge on any atom is -0.291 e. The molecule has 0 saturated carbocycles. The van der Waals surface area contributed by atoms with E-state index in [2.05, 4.69) is 61.3 Å². The van der Waals surface area contributed by atoms with Crippen molar-refractivity contribution >= 4 is 49.8 Å². The molecule has 0 aliphatic heterocycles. The third kappa shape index (κ3) is 1.60. The molecule has 0 aliphatic carbocycles. The lowest BCUT2D eigenvalue weighted by atomic mass is 10.1.